The van der Waals surface area contributed by atoms with Gasteiger partial charge in [-0.2, -0.15) is 0 Å². The first-order chi connectivity index (χ1) is 6.13. The minimum atomic E-state index is -2.16. The van der Waals surface area contributed by atoms with Gasteiger partial charge in [0.25, 0.3) is 0 Å². The van der Waals surface area contributed by atoms with E-state index in [2.05, 4.69) is 0 Å². The Labute approximate surface area is 75.9 Å². The molecule has 1 aliphatic carbocycles. The van der Waals surface area contributed by atoms with Gasteiger partial charge in [-0.25, -0.2) is 9.18 Å². The zero-order valence-electron chi connectivity index (χ0n) is 7.19. The summed E-state index contributed by atoms with van der Waals surface area (Å²) >= 11 is 0. The third-order valence-corrected chi connectivity index (χ3v) is 2.33. The molecule has 1 rings (SSSR count). The van der Waals surface area contributed by atoms with E-state index in [1.165, 1.54) is 0 Å². The first-order valence-electron chi connectivity index (χ1n) is 4.33. The quantitative estimate of drug-likeness (QED) is 0.652. The van der Waals surface area contributed by atoms with Crippen molar-refractivity contribution in [1.82, 2.24) is 0 Å². The number of carbonyl (C=O) groups is 1. The maximum absolute atomic E-state index is 12.8. The van der Waals surface area contributed by atoms with E-state index in [1.54, 1.807) is 0 Å². The van der Waals surface area contributed by atoms with Gasteiger partial charge < -0.3 is 10.2 Å². The maximum Gasteiger partial charge on any atom is 0.341 e. The first kappa shape index (κ1) is 10.2. The van der Waals surface area contributed by atoms with Crippen LogP contribution in [0, 0.1) is 5.92 Å². The van der Waals surface area contributed by atoms with Crippen LogP contribution >= 0.6 is 0 Å². The fourth-order valence-electron chi connectivity index (χ4n) is 1.51. The summed E-state index contributed by atoms with van der Waals surface area (Å²) < 4.78 is 12.8. The molecule has 3 nitrogen and oxygen atoms in total. The van der Waals surface area contributed by atoms with Crippen LogP contribution in [0.4, 0.5) is 4.39 Å². The molecule has 3 atom stereocenters. The predicted molar refractivity (Wildman–Crippen MR) is 45.0 cm³/mol. The van der Waals surface area contributed by atoms with Crippen molar-refractivity contribution in [2.24, 2.45) is 5.92 Å². The number of aliphatic carboxylic acids is 1. The average Bonchev–Trinajstić information content (AvgIpc) is 2.17. The molecular formula is C9H13FO3. The Morgan fingerprint density at radius 1 is 1.54 bits per heavy atom. The number of aliphatic hydroxyl groups excluding tert-OH is 1. The number of aliphatic hydroxyl groups is 1. The minimum Gasteiger partial charge on any atom is -0.479 e. The van der Waals surface area contributed by atoms with Crippen LogP contribution in [-0.4, -0.2) is 28.5 Å². The molecule has 0 spiro atoms. The largest absolute Gasteiger partial charge is 0.479 e. The molecule has 0 aromatic heterocycles. The Hall–Kier alpha value is -0.900. The Morgan fingerprint density at radius 2 is 2.23 bits per heavy atom. The van der Waals surface area contributed by atoms with E-state index < -0.39 is 18.2 Å². The lowest BCUT2D eigenvalue weighted by Gasteiger charge is -2.24. The number of allylic oxidation sites excluding steroid dienone is 2. The highest BCUT2D eigenvalue weighted by Crippen LogP contribution is 2.24. The highest BCUT2D eigenvalue weighted by atomic mass is 19.1. The summed E-state index contributed by atoms with van der Waals surface area (Å²) in [6.07, 6.45) is 2.29. The van der Waals surface area contributed by atoms with Crippen molar-refractivity contribution in [3.8, 4) is 0 Å². The molecule has 0 fully saturated rings. The van der Waals surface area contributed by atoms with Gasteiger partial charge in [0.05, 0.1) is 6.10 Å². The van der Waals surface area contributed by atoms with E-state index in [0.717, 1.165) is 6.42 Å². The molecule has 0 heterocycles. The lowest BCUT2D eigenvalue weighted by Crippen LogP contribution is -2.36. The second-order valence-corrected chi connectivity index (χ2v) is 3.28. The van der Waals surface area contributed by atoms with Crippen molar-refractivity contribution in [2.45, 2.75) is 31.5 Å². The third kappa shape index (κ3) is 2.52. The summed E-state index contributed by atoms with van der Waals surface area (Å²) in [6, 6.07) is 0. The molecule has 0 aromatic carbocycles. The number of alkyl halides is 1. The van der Waals surface area contributed by atoms with Gasteiger partial charge >= 0.3 is 5.97 Å². The lowest BCUT2D eigenvalue weighted by atomic mass is 9.87. The number of carboxylic acid groups (broad SMARTS) is 1. The van der Waals surface area contributed by atoms with Crippen LogP contribution in [-0.2, 0) is 4.79 Å². The number of halogens is 1. The van der Waals surface area contributed by atoms with E-state index >= 15 is 0 Å². The normalized spacial score (nSPS) is 26.8. The van der Waals surface area contributed by atoms with E-state index in [-0.39, 0.29) is 5.92 Å². The van der Waals surface area contributed by atoms with Crippen LogP contribution in [0.25, 0.3) is 0 Å². The van der Waals surface area contributed by atoms with Crippen molar-refractivity contribution in [2.75, 3.05) is 0 Å². The standard InChI is InChI=1S/C9H13FO3/c10-7(9(12)13)8(11)6-4-2-1-3-5-6/h1-2,6-8,11H,3-5H2,(H,12,13). The van der Waals surface area contributed by atoms with Gasteiger partial charge in [-0.05, 0) is 25.2 Å². The van der Waals surface area contributed by atoms with E-state index in [4.69, 9.17) is 5.11 Å². The highest BCUT2D eigenvalue weighted by Gasteiger charge is 2.32. The van der Waals surface area contributed by atoms with Gasteiger partial charge in [0.2, 0.25) is 6.17 Å². The van der Waals surface area contributed by atoms with E-state index in [9.17, 15) is 14.3 Å². The Kier molecular flexibility index (Phi) is 3.42. The van der Waals surface area contributed by atoms with Crippen molar-refractivity contribution >= 4 is 5.97 Å². The lowest BCUT2D eigenvalue weighted by molar-refractivity contribution is -0.148. The summed E-state index contributed by atoms with van der Waals surface area (Å²) in [5.74, 6) is -1.84. The minimum absolute atomic E-state index is 0.254. The Morgan fingerprint density at radius 3 is 2.69 bits per heavy atom. The Bertz CT molecular complexity index is 215. The molecule has 0 saturated carbocycles. The number of hydrogen-bond donors (Lipinski definition) is 2. The summed E-state index contributed by atoms with van der Waals surface area (Å²) in [4.78, 5) is 10.2. The molecule has 4 heteroatoms. The molecule has 3 unspecified atom stereocenters. The van der Waals surface area contributed by atoms with Crippen LogP contribution in [0.5, 0.6) is 0 Å². The average molecular weight is 188 g/mol. The summed E-state index contributed by atoms with van der Waals surface area (Å²) in [5, 5.41) is 17.7. The summed E-state index contributed by atoms with van der Waals surface area (Å²) in [7, 11) is 0. The van der Waals surface area contributed by atoms with Gasteiger partial charge in [-0.15, -0.1) is 0 Å². The second-order valence-electron chi connectivity index (χ2n) is 3.28. The van der Waals surface area contributed by atoms with Gasteiger partial charge in [-0.1, -0.05) is 12.2 Å². The maximum atomic E-state index is 12.8. The van der Waals surface area contributed by atoms with Gasteiger partial charge in [0.1, 0.15) is 0 Å². The number of carboxylic acids is 1. The van der Waals surface area contributed by atoms with Crippen molar-refractivity contribution in [3.05, 3.63) is 12.2 Å². The van der Waals surface area contributed by atoms with Crippen LogP contribution in [0.15, 0.2) is 12.2 Å². The van der Waals surface area contributed by atoms with Crippen molar-refractivity contribution in [3.63, 3.8) is 0 Å². The molecule has 0 bridgehead atoms. The zero-order valence-corrected chi connectivity index (χ0v) is 7.19. The molecule has 0 aromatic rings. The van der Waals surface area contributed by atoms with Crippen LogP contribution in [0.2, 0.25) is 0 Å². The predicted octanol–water partition coefficient (Wildman–Crippen LogP) is 1.13. The molecule has 0 amide bonds. The van der Waals surface area contributed by atoms with E-state index in [0.29, 0.717) is 12.8 Å². The topological polar surface area (TPSA) is 57.5 Å². The molecule has 2 N–H and O–H groups in total. The third-order valence-electron chi connectivity index (χ3n) is 2.33. The molecule has 1 aliphatic rings. The second kappa shape index (κ2) is 4.37. The van der Waals surface area contributed by atoms with Gasteiger partial charge in [0.15, 0.2) is 0 Å². The molecular weight excluding hydrogens is 175 g/mol. The molecule has 74 valence electrons. The monoisotopic (exact) mass is 188 g/mol. The fourth-order valence-corrected chi connectivity index (χ4v) is 1.51. The van der Waals surface area contributed by atoms with Crippen LogP contribution in [0.1, 0.15) is 19.3 Å². The Balaban J connectivity index is 2.50. The number of hydrogen-bond acceptors (Lipinski definition) is 2. The highest BCUT2D eigenvalue weighted by molar-refractivity contribution is 5.72. The number of rotatable bonds is 3. The summed E-state index contributed by atoms with van der Waals surface area (Å²) in [5.41, 5.74) is 0. The summed E-state index contributed by atoms with van der Waals surface area (Å²) in [6.45, 7) is 0. The smallest absolute Gasteiger partial charge is 0.341 e. The van der Waals surface area contributed by atoms with E-state index in [1.807, 2.05) is 12.2 Å². The molecule has 13 heavy (non-hydrogen) atoms. The fraction of sp³-hybridized carbons (Fsp3) is 0.667. The molecule has 0 aliphatic heterocycles. The van der Waals surface area contributed by atoms with Crippen LogP contribution < -0.4 is 0 Å². The van der Waals surface area contributed by atoms with Gasteiger partial charge in [-0.3, -0.25) is 0 Å². The first-order valence-corrected chi connectivity index (χ1v) is 4.33. The van der Waals surface area contributed by atoms with Crippen molar-refractivity contribution < 1.29 is 19.4 Å². The van der Waals surface area contributed by atoms with Crippen molar-refractivity contribution in [1.29, 1.82) is 0 Å². The molecule has 0 saturated heterocycles. The zero-order chi connectivity index (χ0) is 9.84. The van der Waals surface area contributed by atoms with Gasteiger partial charge in [0, 0.05) is 0 Å². The molecule has 0 radical (unpaired) electrons. The van der Waals surface area contributed by atoms with Crippen LogP contribution in [0.3, 0.4) is 0 Å². The SMILES string of the molecule is O=C(O)C(F)C(O)C1CC=CCC1.